The zero-order valence-electron chi connectivity index (χ0n) is 17.9. The highest BCUT2D eigenvalue weighted by Crippen LogP contribution is 2.14. The topological polar surface area (TPSA) is 161 Å². The third kappa shape index (κ3) is 8.51. The summed E-state index contributed by atoms with van der Waals surface area (Å²) in [5.74, 6) is -1.00. The second-order valence-corrected chi connectivity index (χ2v) is 7.24. The highest BCUT2D eigenvalue weighted by atomic mass is 17.1. The van der Waals surface area contributed by atoms with Crippen molar-refractivity contribution < 1.29 is 43.1 Å². The molecule has 0 saturated carbocycles. The van der Waals surface area contributed by atoms with Crippen molar-refractivity contribution in [2.24, 2.45) is 5.92 Å². The number of rotatable bonds is 11. The van der Waals surface area contributed by atoms with Gasteiger partial charge in [0.1, 0.15) is 11.8 Å². The first-order valence-corrected chi connectivity index (χ1v) is 9.78. The summed E-state index contributed by atoms with van der Waals surface area (Å²) in [6, 6.07) is 5.46. The minimum absolute atomic E-state index is 0.0361. The highest BCUT2D eigenvalue weighted by molar-refractivity contribution is 5.82. The maximum absolute atomic E-state index is 12.5. The quantitative estimate of drug-likeness (QED) is 0.337. The van der Waals surface area contributed by atoms with Gasteiger partial charge >= 0.3 is 17.9 Å². The molecule has 1 amide bonds. The van der Waals surface area contributed by atoms with Crippen molar-refractivity contribution in [1.82, 2.24) is 10.7 Å². The van der Waals surface area contributed by atoms with Gasteiger partial charge in [0.2, 0.25) is 0 Å². The number of ether oxygens (including phenoxy) is 2. The van der Waals surface area contributed by atoms with Crippen LogP contribution >= 0.6 is 0 Å². The second-order valence-electron chi connectivity index (χ2n) is 7.24. The van der Waals surface area contributed by atoms with E-state index in [0.717, 1.165) is 5.56 Å². The molecule has 176 valence electrons. The van der Waals surface area contributed by atoms with E-state index < -0.39 is 23.9 Å². The predicted octanol–water partition coefficient (Wildman–Crippen LogP) is 2.34. The van der Waals surface area contributed by atoms with Crippen LogP contribution in [-0.4, -0.2) is 40.5 Å². The molecule has 0 radical (unpaired) electrons. The van der Waals surface area contributed by atoms with E-state index in [1.807, 2.05) is 13.8 Å². The van der Waals surface area contributed by atoms with Crippen LogP contribution in [0.25, 0.3) is 0 Å². The van der Waals surface area contributed by atoms with Crippen molar-refractivity contribution in [3.8, 4) is 5.75 Å². The number of nitrogens with zero attached hydrogens (tertiary/aromatic N) is 1. The van der Waals surface area contributed by atoms with Crippen LogP contribution in [0.2, 0.25) is 0 Å². The molecule has 0 saturated heterocycles. The van der Waals surface area contributed by atoms with E-state index in [9.17, 15) is 14.4 Å². The first-order chi connectivity index (χ1) is 15.1. The van der Waals surface area contributed by atoms with Crippen molar-refractivity contribution in [1.29, 1.82) is 0 Å². The molecule has 1 unspecified atom stereocenters. The fourth-order valence-corrected chi connectivity index (χ4v) is 2.68. The molecule has 0 spiro atoms. The Morgan fingerprint density at radius 2 is 1.84 bits per heavy atom. The first-order valence-electron chi connectivity index (χ1n) is 9.78. The minimum atomic E-state index is -0.974. The molecule has 0 bridgehead atoms. The average molecular weight is 454 g/mol. The number of carbonyl (C=O) groups excluding carboxylic acids is 2. The van der Waals surface area contributed by atoms with Crippen molar-refractivity contribution in [3.05, 3.63) is 52.0 Å². The minimum Gasteiger partial charge on any atom is -0.456 e. The van der Waals surface area contributed by atoms with Gasteiger partial charge in [-0.3, -0.25) is 15.3 Å². The van der Waals surface area contributed by atoms with Crippen LogP contribution in [-0.2, 0) is 27.4 Å². The van der Waals surface area contributed by atoms with Gasteiger partial charge in [-0.2, -0.15) is 0 Å². The molecule has 0 aliphatic heterocycles. The first kappa shape index (κ1) is 25.1. The molecule has 1 atom stereocenters. The molecule has 2 rings (SSSR count). The van der Waals surface area contributed by atoms with Crippen molar-refractivity contribution >= 4 is 12.1 Å². The number of nitrogens with one attached hydrogen (secondary N) is 1. The Labute approximate surface area is 183 Å². The second kappa shape index (κ2) is 12.0. The maximum Gasteiger partial charge on any atom is 0.519 e. The predicted molar refractivity (Wildman–Crippen MR) is 106 cm³/mol. The van der Waals surface area contributed by atoms with Gasteiger partial charge in [0.05, 0.1) is 12.0 Å². The van der Waals surface area contributed by atoms with E-state index in [0.29, 0.717) is 12.8 Å². The molecular weight excluding hydrogens is 428 g/mol. The van der Waals surface area contributed by atoms with Crippen LogP contribution < -0.4 is 15.9 Å². The van der Waals surface area contributed by atoms with E-state index >= 15 is 0 Å². The van der Waals surface area contributed by atoms with Crippen molar-refractivity contribution in [3.63, 3.8) is 0 Å². The van der Waals surface area contributed by atoms with Gasteiger partial charge in [-0.15, -0.1) is 0 Å². The summed E-state index contributed by atoms with van der Waals surface area (Å²) < 4.78 is 19.9. The van der Waals surface area contributed by atoms with Gasteiger partial charge in [0.15, 0.2) is 18.1 Å². The number of benzene rings is 1. The van der Waals surface area contributed by atoms with Crippen molar-refractivity contribution in [2.75, 3.05) is 6.61 Å². The summed E-state index contributed by atoms with van der Waals surface area (Å²) in [5.41, 5.74) is 0.807. The fraction of sp³-hybridized carbons (Fsp3) is 0.450. The third-order valence-electron chi connectivity index (χ3n) is 4.20. The number of carbonyl (C=O) groups is 2. The lowest BCUT2D eigenvalue weighted by molar-refractivity contribution is -0.492. The monoisotopic (exact) mass is 454 g/mol. The molecular formula is C20H26N2O10. The summed E-state index contributed by atoms with van der Waals surface area (Å²) in [5, 5.41) is 19.1. The van der Waals surface area contributed by atoms with Gasteiger partial charge in [0, 0.05) is 0 Å². The third-order valence-corrected chi connectivity index (χ3v) is 4.20. The molecule has 1 aromatic carbocycles. The fourth-order valence-electron chi connectivity index (χ4n) is 2.68. The van der Waals surface area contributed by atoms with Gasteiger partial charge in [0.25, 0.3) is 0 Å². The molecule has 0 fully saturated rings. The zero-order valence-corrected chi connectivity index (χ0v) is 17.9. The van der Waals surface area contributed by atoms with Crippen LogP contribution in [0.3, 0.4) is 0 Å². The molecule has 0 aliphatic rings. The van der Waals surface area contributed by atoms with Crippen LogP contribution in [0.4, 0.5) is 4.79 Å². The Morgan fingerprint density at radius 3 is 2.41 bits per heavy atom. The van der Waals surface area contributed by atoms with E-state index in [2.05, 4.69) is 10.2 Å². The summed E-state index contributed by atoms with van der Waals surface area (Å²) in [6.07, 6.45) is -0.151. The lowest BCUT2D eigenvalue weighted by Crippen LogP contribution is -2.44. The zero-order chi connectivity index (χ0) is 23.7. The lowest BCUT2D eigenvalue weighted by atomic mass is 10.0. The molecule has 1 heterocycles. The molecule has 2 aromatic rings. The largest absolute Gasteiger partial charge is 0.519 e. The Kier molecular flexibility index (Phi) is 9.40. The Hall–Kier alpha value is -3.19. The van der Waals surface area contributed by atoms with Crippen LogP contribution in [0.1, 0.15) is 37.4 Å². The van der Waals surface area contributed by atoms with Gasteiger partial charge in [-0.05, 0) is 43.4 Å². The van der Waals surface area contributed by atoms with Crippen LogP contribution in [0.15, 0.2) is 37.9 Å². The highest BCUT2D eigenvalue weighted by Gasteiger charge is 2.25. The lowest BCUT2D eigenvalue weighted by Gasteiger charge is -2.19. The van der Waals surface area contributed by atoms with Gasteiger partial charge < -0.3 is 23.6 Å². The molecule has 3 N–H and O–H groups in total. The standard InChI is InChI=1S/C20H26N2O10/c1-12(2)10-16(18(23)28-11-17-13(3)30-20(25)32-17)21-19(24)31-15-6-4-14(5-7-15)8-9-29-22(26)27/h4-7,12,16,26-27H,8-11H2,1-3H3,(H,21,24). The molecule has 12 heteroatoms. The molecule has 1 aromatic heterocycles. The number of amides is 1. The number of esters is 1. The summed E-state index contributed by atoms with van der Waals surface area (Å²) in [4.78, 5) is 40.3. The Balaban J connectivity index is 1.90. The van der Waals surface area contributed by atoms with E-state index in [1.54, 1.807) is 24.3 Å². The van der Waals surface area contributed by atoms with E-state index in [-0.39, 0.29) is 41.8 Å². The van der Waals surface area contributed by atoms with Crippen LogP contribution in [0.5, 0.6) is 5.75 Å². The van der Waals surface area contributed by atoms with Gasteiger partial charge in [-0.1, -0.05) is 26.0 Å². The smallest absolute Gasteiger partial charge is 0.456 e. The number of hydrogen-bond acceptors (Lipinski definition) is 11. The SMILES string of the molecule is Cc1oc(=O)oc1COC(=O)C(CC(C)C)NC(=O)Oc1ccc(CCON(O)O)cc1. The number of aryl methyl sites for hydroxylation is 1. The summed E-state index contributed by atoms with van der Waals surface area (Å²) in [6.45, 7) is 4.98. The van der Waals surface area contributed by atoms with Crippen molar-refractivity contribution in [2.45, 2.75) is 46.3 Å². The average Bonchev–Trinajstić information content (AvgIpc) is 3.03. The Morgan fingerprint density at radius 1 is 1.16 bits per heavy atom. The van der Waals surface area contributed by atoms with E-state index in [4.69, 9.17) is 28.7 Å². The molecule has 32 heavy (non-hydrogen) atoms. The van der Waals surface area contributed by atoms with Crippen LogP contribution in [0, 0.1) is 12.8 Å². The van der Waals surface area contributed by atoms with Gasteiger partial charge in [-0.25, -0.2) is 14.4 Å². The normalized spacial score (nSPS) is 12.1. The summed E-state index contributed by atoms with van der Waals surface area (Å²) >= 11 is 0. The van der Waals surface area contributed by atoms with E-state index in [1.165, 1.54) is 6.92 Å². The maximum atomic E-state index is 12.5. The number of hydrogen-bond donors (Lipinski definition) is 3. The molecule has 0 aliphatic carbocycles. The Bertz CT molecular complexity index is 933. The summed E-state index contributed by atoms with van der Waals surface area (Å²) in [7, 11) is 0. The molecule has 12 nitrogen and oxygen atoms in total.